The average molecular weight is 173 g/mol. The molecular formula is C8H15NO3. The molecule has 2 heterocycles. The number of aliphatic hydroxyl groups excluding tert-OH is 3. The summed E-state index contributed by atoms with van der Waals surface area (Å²) in [6.45, 7) is 1.42. The Bertz CT molecular complexity index is 176. The second kappa shape index (κ2) is 2.96. The molecule has 2 rings (SSSR count). The molecule has 0 saturated carbocycles. The fraction of sp³-hybridized carbons (Fsp3) is 1.00. The maximum atomic E-state index is 9.55. The van der Waals surface area contributed by atoms with Gasteiger partial charge in [-0.25, -0.2) is 0 Å². The lowest BCUT2D eigenvalue weighted by atomic mass is 9.95. The van der Waals surface area contributed by atoms with Gasteiger partial charge in [0, 0.05) is 25.0 Å². The Labute approximate surface area is 71.4 Å². The van der Waals surface area contributed by atoms with E-state index in [1.54, 1.807) is 0 Å². The predicted molar refractivity (Wildman–Crippen MR) is 42.6 cm³/mol. The van der Waals surface area contributed by atoms with Crippen molar-refractivity contribution in [2.24, 2.45) is 5.92 Å². The molecule has 0 spiro atoms. The predicted octanol–water partition coefficient (Wildman–Crippen LogP) is -1.60. The molecule has 70 valence electrons. The molecule has 0 amide bonds. The number of rotatable bonds is 1. The molecule has 0 unspecified atom stereocenters. The number of hydrogen-bond donors (Lipinski definition) is 3. The maximum Gasteiger partial charge on any atom is 0.0733 e. The monoisotopic (exact) mass is 173 g/mol. The van der Waals surface area contributed by atoms with Crippen LogP contribution in [0.2, 0.25) is 0 Å². The molecule has 0 bridgehead atoms. The zero-order chi connectivity index (χ0) is 8.72. The number of nitrogens with zero attached hydrogens (tertiary/aromatic N) is 1. The summed E-state index contributed by atoms with van der Waals surface area (Å²) in [5.41, 5.74) is 0. The number of hydrogen-bond acceptors (Lipinski definition) is 4. The van der Waals surface area contributed by atoms with E-state index in [9.17, 15) is 10.2 Å². The van der Waals surface area contributed by atoms with Gasteiger partial charge in [-0.2, -0.15) is 0 Å². The van der Waals surface area contributed by atoms with E-state index < -0.39 is 6.10 Å². The van der Waals surface area contributed by atoms with Crippen LogP contribution in [-0.4, -0.2) is 58.2 Å². The van der Waals surface area contributed by atoms with Crippen LogP contribution < -0.4 is 0 Å². The first-order valence-corrected chi connectivity index (χ1v) is 4.45. The quantitative estimate of drug-likeness (QED) is 0.447. The van der Waals surface area contributed by atoms with Crippen LogP contribution in [0.25, 0.3) is 0 Å². The third-order valence-electron chi connectivity index (χ3n) is 3.09. The molecule has 0 radical (unpaired) electrons. The molecular weight excluding hydrogens is 158 g/mol. The zero-order valence-corrected chi connectivity index (χ0v) is 6.93. The molecule has 3 N–H and O–H groups in total. The smallest absolute Gasteiger partial charge is 0.0733 e. The van der Waals surface area contributed by atoms with Gasteiger partial charge in [0.05, 0.1) is 18.8 Å². The normalized spacial score (nSPS) is 48.2. The van der Waals surface area contributed by atoms with E-state index in [1.165, 1.54) is 0 Å². The first-order valence-electron chi connectivity index (χ1n) is 4.45. The van der Waals surface area contributed by atoms with Crippen LogP contribution in [0.5, 0.6) is 0 Å². The molecule has 4 heteroatoms. The topological polar surface area (TPSA) is 63.9 Å². The van der Waals surface area contributed by atoms with Gasteiger partial charge in [-0.1, -0.05) is 0 Å². The molecule has 2 fully saturated rings. The summed E-state index contributed by atoms with van der Waals surface area (Å²) in [7, 11) is 0. The minimum Gasteiger partial charge on any atom is -0.396 e. The zero-order valence-electron chi connectivity index (χ0n) is 6.93. The summed E-state index contributed by atoms with van der Waals surface area (Å²) in [6, 6.07) is -0.00926. The van der Waals surface area contributed by atoms with Crippen molar-refractivity contribution in [2.45, 2.75) is 24.7 Å². The van der Waals surface area contributed by atoms with Gasteiger partial charge in [0.15, 0.2) is 0 Å². The fourth-order valence-corrected chi connectivity index (χ4v) is 2.46. The van der Waals surface area contributed by atoms with Gasteiger partial charge in [-0.05, 0) is 6.42 Å². The Balaban J connectivity index is 2.12. The van der Waals surface area contributed by atoms with E-state index in [2.05, 4.69) is 4.90 Å². The lowest BCUT2D eigenvalue weighted by Gasteiger charge is -2.21. The van der Waals surface area contributed by atoms with E-state index in [1.807, 2.05) is 0 Å². The molecule has 2 aliphatic heterocycles. The minimum absolute atomic E-state index is 0.00926. The van der Waals surface area contributed by atoms with E-state index >= 15 is 0 Å². The third-order valence-corrected chi connectivity index (χ3v) is 3.09. The molecule has 0 aromatic rings. The van der Waals surface area contributed by atoms with Gasteiger partial charge >= 0.3 is 0 Å². The van der Waals surface area contributed by atoms with Crippen molar-refractivity contribution >= 4 is 0 Å². The highest BCUT2D eigenvalue weighted by Crippen LogP contribution is 2.32. The van der Waals surface area contributed by atoms with Gasteiger partial charge < -0.3 is 15.3 Å². The number of fused-ring (bicyclic) bond motifs is 1. The van der Waals surface area contributed by atoms with E-state index in [0.29, 0.717) is 6.54 Å². The Kier molecular flexibility index (Phi) is 2.08. The first kappa shape index (κ1) is 8.44. The van der Waals surface area contributed by atoms with Crippen LogP contribution in [-0.2, 0) is 0 Å². The van der Waals surface area contributed by atoms with Crippen LogP contribution in [0, 0.1) is 5.92 Å². The standard InChI is InChI=1S/C8H15NO3/c10-4-5-7(12)3-9-2-1-6(11)8(5)9/h5-8,10-12H,1-4H2/t5-,6-,7+,8-/m0/s1. The molecule has 2 saturated heterocycles. The highest BCUT2D eigenvalue weighted by molar-refractivity contribution is 5.00. The Hall–Kier alpha value is -0.160. The van der Waals surface area contributed by atoms with Gasteiger partial charge in [-0.3, -0.25) is 4.90 Å². The van der Waals surface area contributed by atoms with Crippen LogP contribution >= 0.6 is 0 Å². The van der Waals surface area contributed by atoms with Crippen molar-refractivity contribution in [2.75, 3.05) is 19.7 Å². The molecule has 0 aromatic heterocycles. The van der Waals surface area contributed by atoms with Crippen LogP contribution in [0.3, 0.4) is 0 Å². The Morgan fingerprint density at radius 1 is 1.25 bits per heavy atom. The lowest BCUT2D eigenvalue weighted by molar-refractivity contribution is 0.0518. The van der Waals surface area contributed by atoms with Crippen molar-refractivity contribution < 1.29 is 15.3 Å². The van der Waals surface area contributed by atoms with Gasteiger partial charge in [0.25, 0.3) is 0 Å². The fourth-order valence-electron chi connectivity index (χ4n) is 2.46. The van der Waals surface area contributed by atoms with Crippen LogP contribution in [0.15, 0.2) is 0 Å². The third kappa shape index (κ3) is 1.07. The summed E-state index contributed by atoms with van der Waals surface area (Å²) in [4.78, 5) is 2.07. The van der Waals surface area contributed by atoms with Crippen molar-refractivity contribution in [1.82, 2.24) is 4.90 Å². The Morgan fingerprint density at radius 2 is 2.00 bits per heavy atom. The average Bonchev–Trinajstić information content (AvgIpc) is 2.52. The summed E-state index contributed by atoms with van der Waals surface area (Å²) >= 11 is 0. The van der Waals surface area contributed by atoms with E-state index in [4.69, 9.17) is 5.11 Å². The molecule has 12 heavy (non-hydrogen) atoms. The van der Waals surface area contributed by atoms with Crippen molar-refractivity contribution in [3.63, 3.8) is 0 Å². The van der Waals surface area contributed by atoms with E-state index in [-0.39, 0.29) is 24.7 Å². The Morgan fingerprint density at radius 3 is 2.67 bits per heavy atom. The van der Waals surface area contributed by atoms with Crippen LogP contribution in [0.4, 0.5) is 0 Å². The summed E-state index contributed by atoms with van der Waals surface area (Å²) in [5, 5.41) is 28.1. The highest BCUT2D eigenvalue weighted by atomic mass is 16.3. The van der Waals surface area contributed by atoms with Gasteiger partial charge in [-0.15, -0.1) is 0 Å². The lowest BCUT2D eigenvalue weighted by Crippen LogP contribution is -2.36. The minimum atomic E-state index is -0.463. The van der Waals surface area contributed by atoms with Crippen molar-refractivity contribution in [3.05, 3.63) is 0 Å². The summed E-state index contributed by atoms with van der Waals surface area (Å²) in [6.07, 6.45) is -0.0531. The molecule has 4 atom stereocenters. The first-order chi connectivity index (χ1) is 5.74. The molecule has 0 aromatic carbocycles. The molecule has 2 aliphatic rings. The largest absolute Gasteiger partial charge is 0.396 e. The van der Waals surface area contributed by atoms with Crippen LogP contribution in [0.1, 0.15) is 6.42 Å². The van der Waals surface area contributed by atoms with Gasteiger partial charge in [0.1, 0.15) is 0 Å². The molecule has 4 nitrogen and oxygen atoms in total. The number of aliphatic hydroxyl groups is 3. The van der Waals surface area contributed by atoms with Crippen molar-refractivity contribution in [1.29, 1.82) is 0 Å². The van der Waals surface area contributed by atoms with E-state index in [0.717, 1.165) is 13.0 Å². The maximum absolute atomic E-state index is 9.55. The second-order valence-electron chi connectivity index (χ2n) is 3.76. The highest BCUT2D eigenvalue weighted by Gasteiger charge is 2.47. The second-order valence-corrected chi connectivity index (χ2v) is 3.76. The summed E-state index contributed by atoms with van der Waals surface area (Å²) in [5.74, 6) is -0.150. The SMILES string of the molecule is OC[C@@H]1[C@H]2[C@@H](O)CCN2C[C@H]1O. The van der Waals surface area contributed by atoms with Crippen molar-refractivity contribution in [3.8, 4) is 0 Å². The summed E-state index contributed by atoms with van der Waals surface area (Å²) < 4.78 is 0. The van der Waals surface area contributed by atoms with Gasteiger partial charge in [0.2, 0.25) is 0 Å². The molecule has 0 aliphatic carbocycles.